The van der Waals surface area contributed by atoms with Gasteiger partial charge in [-0.2, -0.15) is 0 Å². The smallest absolute Gasteiger partial charge is 0.246 e. The van der Waals surface area contributed by atoms with Crippen LogP contribution >= 0.6 is 11.3 Å². The molecule has 21 heavy (non-hydrogen) atoms. The molecule has 112 valence electrons. The van der Waals surface area contributed by atoms with Crippen molar-refractivity contribution < 1.29 is 9.59 Å². The Kier molecular flexibility index (Phi) is 4.05. The summed E-state index contributed by atoms with van der Waals surface area (Å²) in [6.07, 6.45) is 5.15. The van der Waals surface area contributed by atoms with Crippen molar-refractivity contribution in [3.05, 3.63) is 29.2 Å². The molecule has 5 nitrogen and oxygen atoms in total. The molecule has 1 atom stereocenters. The van der Waals surface area contributed by atoms with Gasteiger partial charge in [-0.1, -0.05) is 6.58 Å². The number of aromatic nitrogens is 1. The van der Waals surface area contributed by atoms with Gasteiger partial charge in [0.1, 0.15) is 0 Å². The Labute approximate surface area is 128 Å². The number of carbonyl (C=O) groups is 2. The van der Waals surface area contributed by atoms with E-state index in [0.717, 1.165) is 30.9 Å². The van der Waals surface area contributed by atoms with Gasteiger partial charge in [-0.25, -0.2) is 4.98 Å². The quantitative estimate of drug-likeness (QED) is 0.785. The predicted molar refractivity (Wildman–Crippen MR) is 80.8 cm³/mol. The fraction of sp³-hybridized carbons (Fsp3) is 0.533. The standard InChI is InChI=1S/C15H19N3O2S/c1-2-14(19)18-9-12(10-18)15(20)17-5-3-11(8-17)7-13-16-4-6-21-13/h2,4,6,11-12H,1,3,5,7-10H2. The summed E-state index contributed by atoms with van der Waals surface area (Å²) in [7, 11) is 0. The number of carbonyl (C=O) groups excluding carboxylic acids is 2. The molecule has 1 unspecified atom stereocenters. The van der Waals surface area contributed by atoms with E-state index in [1.54, 1.807) is 16.2 Å². The maximum Gasteiger partial charge on any atom is 0.246 e. The predicted octanol–water partition coefficient (Wildman–Crippen LogP) is 1.18. The van der Waals surface area contributed by atoms with Gasteiger partial charge >= 0.3 is 0 Å². The SMILES string of the molecule is C=CC(=O)N1CC(C(=O)N2CCC(Cc3nccs3)C2)C1. The van der Waals surface area contributed by atoms with E-state index >= 15 is 0 Å². The molecule has 3 rings (SSSR count). The molecule has 0 aliphatic carbocycles. The molecule has 2 saturated heterocycles. The summed E-state index contributed by atoms with van der Waals surface area (Å²) in [4.78, 5) is 31.7. The highest BCUT2D eigenvalue weighted by Gasteiger charge is 2.39. The van der Waals surface area contributed by atoms with E-state index in [-0.39, 0.29) is 17.7 Å². The number of nitrogens with zero attached hydrogens (tertiary/aromatic N) is 3. The van der Waals surface area contributed by atoms with Gasteiger partial charge in [0.15, 0.2) is 0 Å². The van der Waals surface area contributed by atoms with E-state index in [1.165, 1.54) is 6.08 Å². The largest absolute Gasteiger partial charge is 0.342 e. The van der Waals surface area contributed by atoms with Gasteiger partial charge in [0.05, 0.1) is 10.9 Å². The monoisotopic (exact) mass is 305 g/mol. The minimum absolute atomic E-state index is 0.0208. The molecular formula is C15H19N3O2S. The van der Waals surface area contributed by atoms with Crippen LogP contribution in [0.4, 0.5) is 0 Å². The molecule has 1 aromatic heterocycles. The van der Waals surface area contributed by atoms with Gasteiger partial charge in [0.2, 0.25) is 11.8 Å². The molecule has 0 bridgehead atoms. The molecule has 0 aromatic carbocycles. The van der Waals surface area contributed by atoms with Crippen LogP contribution in [0.2, 0.25) is 0 Å². The molecule has 2 amide bonds. The van der Waals surface area contributed by atoms with E-state index in [9.17, 15) is 9.59 Å². The third-order valence-corrected chi connectivity index (χ3v) is 5.06. The van der Waals surface area contributed by atoms with Crippen molar-refractivity contribution in [3.8, 4) is 0 Å². The van der Waals surface area contributed by atoms with Gasteiger partial charge in [0.25, 0.3) is 0 Å². The summed E-state index contributed by atoms with van der Waals surface area (Å²) in [5.74, 6) is 0.616. The third kappa shape index (κ3) is 3.00. The van der Waals surface area contributed by atoms with Gasteiger partial charge in [-0.3, -0.25) is 9.59 Å². The first-order valence-electron chi connectivity index (χ1n) is 7.26. The molecule has 2 aliphatic heterocycles. The van der Waals surface area contributed by atoms with Crippen molar-refractivity contribution in [2.24, 2.45) is 11.8 Å². The molecule has 2 aliphatic rings. The summed E-state index contributed by atoms with van der Waals surface area (Å²) >= 11 is 1.68. The number of likely N-dealkylation sites (tertiary alicyclic amines) is 2. The van der Waals surface area contributed by atoms with Crippen LogP contribution in [0.25, 0.3) is 0 Å². The Morgan fingerprint density at radius 2 is 2.19 bits per heavy atom. The van der Waals surface area contributed by atoms with E-state index < -0.39 is 0 Å². The van der Waals surface area contributed by atoms with Crippen molar-refractivity contribution in [2.75, 3.05) is 26.2 Å². The Morgan fingerprint density at radius 3 is 2.86 bits per heavy atom. The Hall–Kier alpha value is -1.69. The van der Waals surface area contributed by atoms with Gasteiger partial charge in [0, 0.05) is 44.2 Å². The van der Waals surface area contributed by atoms with Crippen LogP contribution in [-0.2, 0) is 16.0 Å². The molecule has 6 heteroatoms. The summed E-state index contributed by atoms with van der Waals surface area (Å²) in [6.45, 7) is 6.20. The molecular weight excluding hydrogens is 286 g/mol. The topological polar surface area (TPSA) is 53.5 Å². The lowest BCUT2D eigenvalue weighted by molar-refractivity contribution is -0.145. The Balaban J connectivity index is 1.47. The van der Waals surface area contributed by atoms with Crippen molar-refractivity contribution in [1.29, 1.82) is 0 Å². The van der Waals surface area contributed by atoms with Crippen LogP contribution < -0.4 is 0 Å². The minimum Gasteiger partial charge on any atom is -0.342 e. The van der Waals surface area contributed by atoms with Crippen LogP contribution in [-0.4, -0.2) is 52.8 Å². The average molecular weight is 305 g/mol. The number of hydrogen-bond donors (Lipinski definition) is 0. The lowest BCUT2D eigenvalue weighted by Crippen LogP contribution is -2.55. The lowest BCUT2D eigenvalue weighted by Gasteiger charge is -2.39. The highest BCUT2D eigenvalue weighted by atomic mass is 32.1. The number of thiazole rings is 1. The second-order valence-electron chi connectivity index (χ2n) is 5.71. The summed E-state index contributed by atoms with van der Waals surface area (Å²) in [5, 5.41) is 3.15. The molecule has 0 spiro atoms. The molecule has 0 radical (unpaired) electrons. The zero-order valence-corrected chi connectivity index (χ0v) is 12.7. The minimum atomic E-state index is -0.0814. The number of hydrogen-bond acceptors (Lipinski definition) is 4. The van der Waals surface area contributed by atoms with Crippen LogP contribution in [0, 0.1) is 11.8 Å². The molecule has 0 N–H and O–H groups in total. The fourth-order valence-corrected chi connectivity index (χ4v) is 3.73. The van der Waals surface area contributed by atoms with Gasteiger partial charge in [-0.05, 0) is 18.4 Å². The zero-order valence-electron chi connectivity index (χ0n) is 11.9. The second kappa shape index (κ2) is 5.97. The van der Waals surface area contributed by atoms with E-state index in [0.29, 0.717) is 19.0 Å². The Bertz CT molecular complexity index is 537. The molecule has 1 aromatic rings. The molecule has 3 heterocycles. The molecule has 0 saturated carbocycles. The van der Waals surface area contributed by atoms with Crippen LogP contribution in [0.15, 0.2) is 24.2 Å². The van der Waals surface area contributed by atoms with Crippen LogP contribution in [0.3, 0.4) is 0 Å². The highest BCUT2D eigenvalue weighted by Crippen LogP contribution is 2.25. The van der Waals surface area contributed by atoms with Crippen molar-refractivity contribution in [3.63, 3.8) is 0 Å². The summed E-state index contributed by atoms with van der Waals surface area (Å²) < 4.78 is 0. The third-order valence-electron chi connectivity index (χ3n) is 4.26. The van der Waals surface area contributed by atoms with Crippen LogP contribution in [0.1, 0.15) is 11.4 Å². The highest BCUT2D eigenvalue weighted by molar-refractivity contribution is 7.09. The first-order valence-corrected chi connectivity index (χ1v) is 8.14. The fourth-order valence-electron chi connectivity index (χ4n) is 3.00. The Morgan fingerprint density at radius 1 is 1.38 bits per heavy atom. The van der Waals surface area contributed by atoms with E-state index in [2.05, 4.69) is 11.6 Å². The maximum absolute atomic E-state index is 12.4. The van der Waals surface area contributed by atoms with Crippen molar-refractivity contribution in [2.45, 2.75) is 12.8 Å². The number of rotatable bonds is 4. The first-order chi connectivity index (χ1) is 10.2. The van der Waals surface area contributed by atoms with Crippen molar-refractivity contribution in [1.82, 2.24) is 14.8 Å². The van der Waals surface area contributed by atoms with E-state index in [4.69, 9.17) is 0 Å². The normalized spacial score (nSPS) is 22.2. The first kappa shape index (κ1) is 14.3. The number of amides is 2. The average Bonchev–Trinajstić information content (AvgIpc) is 3.08. The lowest BCUT2D eigenvalue weighted by atomic mass is 9.98. The zero-order chi connectivity index (χ0) is 14.8. The van der Waals surface area contributed by atoms with Crippen molar-refractivity contribution >= 4 is 23.2 Å². The van der Waals surface area contributed by atoms with Gasteiger partial charge in [-0.15, -0.1) is 11.3 Å². The van der Waals surface area contributed by atoms with E-state index in [1.807, 2.05) is 16.5 Å². The summed E-state index contributed by atoms with van der Waals surface area (Å²) in [5.41, 5.74) is 0. The summed E-state index contributed by atoms with van der Waals surface area (Å²) in [6, 6.07) is 0. The second-order valence-corrected chi connectivity index (χ2v) is 6.69. The molecule has 2 fully saturated rings. The van der Waals surface area contributed by atoms with Gasteiger partial charge < -0.3 is 9.80 Å². The maximum atomic E-state index is 12.4. The van der Waals surface area contributed by atoms with Crippen LogP contribution in [0.5, 0.6) is 0 Å².